The molecule has 0 aliphatic heterocycles. The molecular weight excluding hydrogens is 555 g/mol. The van der Waals surface area contributed by atoms with Crippen LogP contribution in [-0.4, -0.2) is 4.57 Å². The van der Waals surface area contributed by atoms with Crippen molar-refractivity contribution in [3.05, 3.63) is 149 Å². The Morgan fingerprint density at radius 2 is 1.50 bits per heavy atom. The van der Waals surface area contributed by atoms with Gasteiger partial charge in [-0.15, -0.1) is 0 Å². The second kappa shape index (κ2) is 8.98. The van der Waals surface area contributed by atoms with Crippen molar-refractivity contribution < 1.29 is 0 Å². The van der Waals surface area contributed by atoms with Gasteiger partial charge in [0.05, 0.1) is 11.0 Å². The summed E-state index contributed by atoms with van der Waals surface area (Å²) in [5.74, 6) is 2.03. The van der Waals surface area contributed by atoms with E-state index in [1.165, 1.54) is 88.8 Å². The van der Waals surface area contributed by atoms with Crippen LogP contribution in [0.25, 0.3) is 71.8 Å². The lowest BCUT2D eigenvalue weighted by Crippen LogP contribution is -1.98. The highest BCUT2D eigenvalue weighted by atomic mass is 15.0. The number of hydrogen-bond donors (Lipinski definition) is 0. The van der Waals surface area contributed by atoms with E-state index in [0.717, 1.165) is 18.8 Å². The van der Waals surface area contributed by atoms with Gasteiger partial charge in [0.2, 0.25) is 0 Å². The van der Waals surface area contributed by atoms with Crippen LogP contribution < -0.4 is 0 Å². The van der Waals surface area contributed by atoms with Gasteiger partial charge in [-0.25, -0.2) is 0 Å². The first kappa shape index (κ1) is 25.1. The zero-order chi connectivity index (χ0) is 30.1. The lowest BCUT2D eigenvalue weighted by molar-refractivity contribution is 0.745. The highest BCUT2D eigenvalue weighted by Crippen LogP contribution is 2.56. The van der Waals surface area contributed by atoms with Gasteiger partial charge < -0.3 is 4.57 Å². The number of aromatic nitrogens is 1. The maximum atomic E-state index is 2.49. The molecule has 6 aromatic carbocycles. The van der Waals surface area contributed by atoms with E-state index in [-0.39, 0.29) is 0 Å². The number of rotatable bonds is 2. The van der Waals surface area contributed by atoms with Crippen LogP contribution >= 0.6 is 0 Å². The molecule has 4 aliphatic rings. The minimum Gasteiger partial charge on any atom is -0.309 e. The Morgan fingerprint density at radius 3 is 2.43 bits per heavy atom. The number of benzene rings is 6. The van der Waals surface area contributed by atoms with Crippen molar-refractivity contribution in [2.75, 3.05) is 0 Å². The van der Waals surface area contributed by atoms with Crippen molar-refractivity contribution in [2.45, 2.75) is 32.1 Å². The molecule has 3 atom stereocenters. The van der Waals surface area contributed by atoms with Gasteiger partial charge in [0, 0.05) is 16.5 Å². The molecule has 3 unspecified atom stereocenters. The lowest BCUT2D eigenvalue weighted by atomic mass is 9.85. The third-order valence-corrected chi connectivity index (χ3v) is 11.4. The van der Waals surface area contributed by atoms with E-state index in [4.69, 9.17) is 0 Å². The number of fused-ring (bicyclic) bond motifs is 14. The summed E-state index contributed by atoms with van der Waals surface area (Å²) in [4.78, 5) is 0. The summed E-state index contributed by atoms with van der Waals surface area (Å²) in [5, 5.41) is 8.32. The lowest BCUT2D eigenvalue weighted by Gasteiger charge is -2.18. The second-order valence-corrected chi connectivity index (χ2v) is 14.1. The Morgan fingerprint density at radius 1 is 0.652 bits per heavy atom. The Hall–Kier alpha value is -5.14. The molecule has 1 fully saturated rings. The Kier molecular flexibility index (Phi) is 4.90. The smallest absolute Gasteiger partial charge is 0.0544 e. The van der Waals surface area contributed by atoms with Gasteiger partial charge in [-0.1, -0.05) is 104 Å². The maximum Gasteiger partial charge on any atom is 0.0544 e. The number of para-hydroxylation sites is 1. The number of hydrogen-bond acceptors (Lipinski definition) is 0. The predicted octanol–water partition coefficient (Wildman–Crippen LogP) is 11.8. The molecule has 1 aromatic heterocycles. The van der Waals surface area contributed by atoms with Gasteiger partial charge in [-0.05, 0) is 133 Å². The molecule has 0 saturated heterocycles. The molecule has 1 heterocycles. The van der Waals surface area contributed by atoms with Crippen LogP contribution in [0.5, 0.6) is 0 Å². The molecule has 0 spiro atoms. The monoisotopic (exact) mass is 587 g/mol. The molecule has 11 rings (SSSR count). The number of nitrogens with zero attached hydrogens (tertiary/aromatic N) is 1. The summed E-state index contributed by atoms with van der Waals surface area (Å²) in [6, 6.07) is 39.2. The quantitative estimate of drug-likeness (QED) is 0.177. The van der Waals surface area contributed by atoms with Crippen LogP contribution in [-0.2, 0) is 6.42 Å². The van der Waals surface area contributed by atoms with Crippen molar-refractivity contribution in [1.82, 2.24) is 4.57 Å². The van der Waals surface area contributed by atoms with Gasteiger partial charge in [-0.3, -0.25) is 0 Å². The number of allylic oxidation sites excluding steroid dienone is 5. The van der Waals surface area contributed by atoms with Crippen LogP contribution in [0.3, 0.4) is 0 Å². The van der Waals surface area contributed by atoms with E-state index in [2.05, 4.69) is 139 Å². The second-order valence-electron chi connectivity index (χ2n) is 14.1. The zero-order valence-corrected chi connectivity index (χ0v) is 25.9. The molecule has 1 saturated carbocycles. The Labute approximate surface area is 268 Å². The minimum atomic E-state index is 0.602. The van der Waals surface area contributed by atoms with Gasteiger partial charge in [0.25, 0.3) is 0 Å². The standard InChI is InChI=1S/C45H33N/c1-26-13-14-29-25-41-34(38(29)21-26)19-20-43-45(41)37-11-4-5-12-42(37)46(43)31-8-6-7-27(22-31)28-15-17-33-36-18-16-30-24-39(30)44(36)35-10-3-2-9-32(35)40(33)23-28/h2-20,22-23,26,30,39H,21,24-25H2,1H3. The van der Waals surface area contributed by atoms with Crippen molar-refractivity contribution in [3.63, 3.8) is 0 Å². The fourth-order valence-electron chi connectivity index (χ4n) is 9.22. The topological polar surface area (TPSA) is 4.93 Å². The van der Waals surface area contributed by atoms with E-state index in [1.807, 2.05) is 0 Å². The fourth-order valence-corrected chi connectivity index (χ4v) is 9.22. The first-order chi connectivity index (χ1) is 22.7. The largest absolute Gasteiger partial charge is 0.309 e. The average molecular weight is 588 g/mol. The molecule has 0 N–H and O–H groups in total. The predicted molar refractivity (Wildman–Crippen MR) is 195 cm³/mol. The van der Waals surface area contributed by atoms with Crippen LogP contribution in [0.4, 0.5) is 0 Å². The first-order valence-corrected chi connectivity index (χ1v) is 16.9. The third-order valence-electron chi connectivity index (χ3n) is 11.4. The molecule has 1 heteroatoms. The normalized spacial score (nSPS) is 20.8. The summed E-state index contributed by atoms with van der Waals surface area (Å²) in [6.07, 6.45) is 13.1. The minimum absolute atomic E-state index is 0.602. The van der Waals surface area contributed by atoms with E-state index in [9.17, 15) is 0 Å². The van der Waals surface area contributed by atoms with Crippen LogP contribution in [0.15, 0.2) is 127 Å². The Balaban J connectivity index is 1.10. The molecule has 0 bridgehead atoms. The van der Waals surface area contributed by atoms with Crippen molar-refractivity contribution >= 4 is 55.0 Å². The SMILES string of the molecule is CC1C=CC2=C(C1)c1ccc3c(c1C2)c1ccccc1n3-c1cccc(-c2ccc3c4c(c5ccccc5c3c2)C2CC2C=C4)c1. The van der Waals surface area contributed by atoms with Crippen molar-refractivity contribution in [2.24, 2.45) is 11.8 Å². The van der Waals surface area contributed by atoms with Crippen molar-refractivity contribution in [3.8, 4) is 16.8 Å². The van der Waals surface area contributed by atoms with Crippen LogP contribution in [0.2, 0.25) is 0 Å². The molecule has 0 amide bonds. The van der Waals surface area contributed by atoms with Crippen molar-refractivity contribution in [1.29, 1.82) is 0 Å². The van der Waals surface area contributed by atoms with Gasteiger partial charge in [0.1, 0.15) is 0 Å². The molecule has 218 valence electrons. The summed E-state index contributed by atoms with van der Waals surface area (Å²) in [5.41, 5.74) is 15.4. The summed E-state index contributed by atoms with van der Waals surface area (Å²) >= 11 is 0. The third kappa shape index (κ3) is 3.35. The molecule has 1 nitrogen and oxygen atoms in total. The van der Waals surface area contributed by atoms with E-state index in [1.54, 1.807) is 11.1 Å². The average Bonchev–Trinajstić information content (AvgIpc) is 3.70. The van der Waals surface area contributed by atoms with Gasteiger partial charge in [-0.2, -0.15) is 0 Å². The molecule has 0 radical (unpaired) electrons. The van der Waals surface area contributed by atoms with Crippen LogP contribution in [0, 0.1) is 11.8 Å². The van der Waals surface area contributed by atoms with E-state index >= 15 is 0 Å². The summed E-state index contributed by atoms with van der Waals surface area (Å²) < 4.78 is 2.49. The molecular formula is C45H33N. The van der Waals surface area contributed by atoms with Crippen LogP contribution in [0.1, 0.15) is 47.9 Å². The summed E-state index contributed by atoms with van der Waals surface area (Å²) in [6.45, 7) is 2.33. The summed E-state index contributed by atoms with van der Waals surface area (Å²) in [7, 11) is 0. The maximum absolute atomic E-state index is 2.49. The molecule has 46 heavy (non-hydrogen) atoms. The first-order valence-electron chi connectivity index (χ1n) is 16.9. The highest BCUT2D eigenvalue weighted by molar-refractivity contribution is 6.15. The fraction of sp³-hybridized carbons (Fsp3) is 0.156. The van der Waals surface area contributed by atoms with E-state index < -0.39 is 0 Å². The highest BCUT2D eigenvalue weighted by Gasteiger charge is 2.41. The molecule has 7 aromatic rings. The van der Waals surface area contributed by atoms with Gasteiger partial charge >= 0.3 is 0 Å². The zero-order valence-electron chi connectivity index (χ0n) is 25.9. The molecule has 4 aliphatic carbocycles. The Bertz CT molecular complexity index is 2580. The van der Waals surface area contributed by atoms with E-state index in [0.29, 0.717) is 11.8 Å². The van der Waals surface area contributed by atoms with Gasteiger partial charge in [0.15, 0.2) is 0 Å².